The van der Waals surface area contributed by atoms with Crippen molar-refractivity contribution in [2.45, 2.75) is 11.1 Å². The predicted octanol–water partition coefficient (Wildman–Crippen LogP) is 3.35. The van der Waals surface area contributed by atoms with Crippen molar-refractivity contribution in [3.63, 3.8) is 0 Å². The lowest BCUT2D eigenvalue weighted by molar-refractivity contribution is -0.137. The molecule has 0 atom stereocenters. The van der Waals surface area contributed by atoms with Gasteiger partial charge in [0.2, 0.25) is 0 Å². The number of anilines is 1. The summed E-state index contributed by atoms with van der Waals surface area (Å²) in [4.78, 5) is 13.3. The molecule has 142 valence electrons. The third-order valence-corrected chi connectivity index (χ3v) is 5.34. The molecule has 0 saturated carbocycles. The van der Waals surface area contributed by atoms with Crippen LogP contribution in [0.5, 0.6) is 0 Å². The maximum absolute atomic E-state index is 13.2. The van der Waals surface area contributed by atoms with E-state index in [1.807, 2.05) is 5.10 Å². The van der Waals surface area contributed by atoms with Crippen LogP contribution in [0.25, 0.3) is 11.4 Å². The van der Waals surface area contributed by atoms with Crippen LogP contribution in [0.15, 0.2) is 56.6 Å². The Morgan fingerprint density at radius 3 is 2.30 bits per heavy atom. The summed E-state index contributed by atoms with van der Waals surface area (Å²) in [5.74, 6) is -0.157. The van der Waals surface area contributed by atoms with Crippen LogP contribution in [0.3, 0.4) is 0 Å². The summed E-state index contributed by atoms with van der Waals surface area (Å²) < 4.78 is 67.2. The van der Waals surface area contributed by atoms with Gasteiger partial charge in [0.05, 0.1) is 16.1 Å². The fourth-order valence-electron chi connectivity index (χ4n) is 2.22. The summed E-state index contributed by atoms with van der Waals surface area (Å²) in [6.45, 7) is 0. The number of hydrogen-bond donors (Lipinski definition) is 3. The standard InChI is InChI=1S/C15H10BrF3N4O3S/c16-10-1-3-12(4-2-10)27(25,26)23-11-6-8(13-20-14(24)22-21-13)5-9(7-11)15(17,18)19/h1-7,23H,(H2,20,21,22,24). The number of nitrogens with zero attached hydrogens (tertiary/aromatic N) is 1. The van der Waals surface area contributed by atoms with Crippen molar-refractivity contribution in [2.24, 2.45) is 0 Å². The second kappa shape index (κ2) is 6.85. The molecule has 12 heteroatoms. The van der Waals surface area contributed by atoms with Gasteiger partial charge in [-0.3, -0.25) is 9.71 Å². The van der Waals surface area contributed by atoms with E-state index in [-0.39, 0.29) is 22.0 Å². The minimum absolute atomic E-state index is 0.114. The lowest BCUT2D eigenvalue weighted by atomic mass is 10.1. The second-order valence-electron chi connectivity index (χ2n) is 5.38. The summed E-state index contributed by atoms with van der Waals surface area (Å²) in [6, 6.07) is 8.12. The van der Waals surface area contributed by atoms with E-state index in [2.05, 4.69) is 30.7 Å². The van der Waals surface area contributed by atoms with Crippen LogP contribution >= 0.6 is 15.9 Å². The van der Waals surface area contributed by atoms with Crippen molar-refractivity contribution in [3.8, 4) is 11.4 Å². The first-order valence-corrected chi connectivity index (χ1v) is 9.48. The van der Waals surface area contributed by atoms with Crippen LogP contribution in [-0.4, -0.2) is 23.6 Å². The van der Waals surface area contributed by atoms with E-state index in [1.54, 1.807) is 0 Å². The number of halogens is 4. The van der Waals surface area contributed by atoms with Gasteiger partial charge in [-0.1, -0.05) is 15.9 Å². The van der Waals surface area contributed by atoms with E-state index in [0.717, 1.165) is 12.1 Å². The Kier molecular flexibility index (Phi) is 4.86. The number of aromatic amines is 2. The average Bonchev–Trinajstić information content (AvgIpc) is 3.00. The SMILES string of the molecule is O=c1[nH]nc(-c2cc(NS(=O)(=O)c3ccc(Br)cc3)cc(C(F)(F)F)c2)[nH]1. The highest BCUT2D eigenvalue weighted by Gasteiger charge is 2.32. The van der Waals surface area contributed by atoms with Gasteiger partial charge in [0.25, 0.3) is 10.0 Å². The van der Waals surface area contributed by atoms with Gasteiger partial charge in [-0.15, -0.1) is 0 Å². The molecule has 0 fully saturated rings. The van der Waals surface area contributed by atoms with Gasteiger partial charge in [-0.25, -0.2) is 18.3 Å². The van der Waals surface area contributed by atoms with Crippen molar-refractivity contribution in [1.82, 2.24) is 15.2 Å². The molecule has 7 nitrogen and oxygen atoms in total. The van der Waals surface area contributed by atoms with Gasteiger partial charge in [0.1, 0.15) is 0 Å². The topological polar surface area (TPSA) is 108 Å². The van der Waals surface area contributed by atoms with Crippen LogP contribution in [0.2, 0.25) is 0 Å². The van der Waals surface area contributed by atoms with E-state index < -0.39 is 27.5 Å². The van der Waals surface area contributed by atoms with Crippen molar-refractivity contribution >= 4 is 31.6 Å². The molecule has 0 spiro atoms. The Balaban J connectivity index is 2.06. The largest absolute Gasteiger partial charge is 0.416 e. The highest BCUT2D eigenvalue weighted by Crippen LogP contribution is 2.34. The first kappa shape index (κ1) is 19.2. The highest BCUT2D eigenvalue weighted by atomic mass is 79.9. The molecule has 0 aliphatic heterocycles. The Labute approximate surface area is 158 Å². The number of rotatable bonds is 4. The van der Waals surface area contributed by atoms with Gasteiger partial charge in [0.15, 0.2) is 5.82 Å². The molecule has 3 rings (SSSR count). The maximum Gasteiger partial charge on any atom is 0.416 e. The van der Waals surface area contributed by atoms with Gasteiger partial charge in [0, 0.05) is 10.0 Å². The van der Waals surface area contributed by atoms with Gasteiger partial charge in [-0.2, -0.15) is 18.3 Å². The van der Waals surface area contributed by atoms with Gasteiger partial charge >= 0.3 is 11.9 Å². The zero-order valence-corrected chi connectivity index (χ0v) is 15.5. The zero-order chi connectivity index (χ0) is 19.8. The fourth-order valence-corrected chi connectivity index (χ4v) is 3.53. The van der Waals surface area contributed by atoms with E-state index in [9.17, 15) is 26.4 Å². The van der Waals surface area contributed by atoms with Gasteiger partial charge < -0.3 is 0 Å². The number of hydrogen-bond acceptors (Lipinski definition) is 4. The van der Waals surface area contributed by atoms with Crippen LogP contribution in [-0.2, 0) is 16.2 Å². The lowest BCUT2D eigenvalue weighted by Gasteiger charge is -2.13. The molecule has 0 bridgehead atoms. The molecule has 3 aromatic rings. The summed E-state index contributed by atoms with van der Waals surface area (Å²) in [5, 5.41) is 5.61. The smallest absolute Gasteiger partial charge is 0.289 e. The van der Waals surface area contributed by atoms with Crippen LogP contribution < -0.4 is 10.4 Å². The van der Waals surface area contributed by atoms with Crippen molar-refractivity contribution in [1.29, 1.82) is 0 Å². The van der Waals surface area contributed by atoms with Crippen LogP contribution in [0.4, 0.5) is 18.9 Å². The summed E-state index contributed by atoms with van der Waals surface area (Å²) in [6.07, 6.45) is -4.73. The lowest BCUT2D eigenvalue weighted by Crippen LogP contribution is -2.14. The summed E-state index contributed by atoms with van der Waals surface area (Å²) in [7, 11) is -4.12. The number of alkyl halides is 3. The number of sulfonamides is 1. The molecule has 0 aliphatic rings. The van der Waals surface area contributed by atoms with E-state index in [0.29, 0.717) is 10.5 Å². The fraction of sp³-hybridized carbons (Fsp3) is 0.0667. The molecule has 2 aromatic carbocycles. The normalized spacial score (nSPS) is 12.1. The monoisotopic (exact) mass is 462 g/mol. The molecule has 0 saturated heterocycles. The van der Waals surface area contributed by atoms with Crippen molar-refractivity contribution in [3.05, 3.63) is 63.0 Å². The Hall–Kier alpha value is -2.60. The molecule has 0 amide bonds. The van der Waals surface area contributed by atoms with E-state index in [4.69, 9.17) is 0 Å². The Morgan fingerprint density at radius 1 is 1.07 bits per heavy atom. The van der Waals surface area contributed by atoms with Gasteiger partial charge in [-0.05, 0) is 42.5 Å². The zero-order valence-electron chi connectivity index (χ0n) is 13.1. The van der Waals surface area contributed by atoms with Crippen molar-refractivity contribution in [2.75, 3.05) is 4.72 Å². The molecule has 1 aromatic heterocycles. The minimum atomic E-state index is -4.73. The maximum atomic E-state index is 13.2. The van der Waals surface area contributed by atoms with E-state index >= 15 is 0 Å². The molecular formula is C15H10BrF3N4O3S. The van der Waals surface area contributed by atoms with Crippen molar-refractivity contribution < 1.29 is 21.6 Å². The minimum Gasteiger partial charge on any atom is -0.289 e. The summed E-state index contributed by atoms with van der Waals surface area (Å²) in [5.41, 5.74) is -2.25. The molecule has 1 heterocycles. The molecular weight excluding hydrogens is 453 g/mol. The second-order valence-corrected chi connectivity index (χ2v) is 7.98. The number of aromatic nitrogens is 3. The molecule has 0 unspecified atom stereocenters. The summed E-state index contributed by atoms with van der Waals surface area (Å²) >= 11 is 3.17. The first-order valence-electron chi connectivity index (χ1n) is 7.20. The molecule has 0 radical (unpaired) electrons. The quantitative estimate of drug-likeness (QED) is 0.552. The highest BCUT2D eigenvalue weighted by molar-refractivity contribution is 9.10. The van der Waals surface area contributed by atoms with Crippen LogP contribution in [0.1, 0.15) is 5.56 Å². The average molecular weight is 463 g/mol. The molecule has 3 N–H and O–H groups in total. The van der Waals surface area contributed by atoms with Crippen LogP contribution in [0, 0.1) is 0 Å². The number of benzene rings is 2. The Morgan fingerprint density at radius 2 is 1.74 bits per heavy atom. The first-order chi connectivity index (χ1) is 12.5. The number of nitrogens with one attached hydrogen (secondary N) is 3. The Bertz CT molecular complexity index is 1140. The number of H-pyrrole nitrogens is 2. The molecule has 0 aliphatic carbocycles. The predicted molar refractivity (Wildman–Crippen MR) is 94.6 cm³/mol. The van der Waals surface area contributed by atoms with E-state index in [1.165, 1.54) is 24.3 Å². The third kappa shape index (κ3) is 4.39. The molecule has 27 heavy (non-hydrogen) atoms. The third-order valence-electron chi connectivity index (χ3n) is 3.41.